The number of rotatable bonds is 2. The van der Waals surface area contributed by atoms with Crippen molar-refractivity contribution in [3.05, 3.63) is 22.1 Å². The summed E-state index contributed by atoms with van der Waals surface area (Å²) in [7, 11) is 3.79. The Morgan fingerprint density at radius 2 is 2.00 bits per heavy atom. The molecule has 0 aliphatic heterocycles. The third-order valence-corrected chi connectivity index (χ3v) is 1.30. The van der Waals surface area contributed by atoms with Gasteiger partial charge in [-0.3, -0.25) is 0 Å². The Labute approximate surface area is 64.4 Å². The van der Waals surface area contributed by atoms with Crippen LogP contribution in [0.2, 0.25) is 0 Å². The summed E-state index contributed by atoms with van der Waals surface area (Å²) >= 11 is 0. The van der Waals surface area contributed by atoms with Crippen LogP contribution in [0.15, 0.2) is 13.6 Å². The molecule has 0 saturated heterocycles. The van der Waals surface area contributed by atoms with Crippen LogP contribution in [0.3, 0.4) is 0 Å². The van der Waals surface area contributed by atoms with Crippen LogP contribution in [-0.2, 0) is 6.54 Å². The van der Waals surface area contributed by atoms with Crippen LogP contribution in [0.25, 0.3) is 0 Å². The highest BCUT2D eigenvalue weighted by Crippen LogP contribution is 2.05. The van der Waals surface area contributed by atoms with Gasteiger partial charge in [-0.15, -0.1) is 0 Å². The van der Waals surface area contributed by atoms with Gasteiger partial charge in [0.1, 0.15) is 5.76 Å². The zero-order chi connectivity index (χ0) is 8.43. The van der Waals surface area contributed by atoms with Gasteiger partial charge in [-0.2, -0.15) is 0 Å². The van der Waals surface area contributed by atoms with E-state index in [9.17, 15) is 4.79 Å². The molecule has 0 fully saturated rings. The molecule has 1 aromatic heterocycles. The largest absolute Gasteiger partial charge is 0.519 e. The summed E-state index contributed by atoms with van der Waals surface area (Å²) in [4.78, 5) is 12.4. The van der Waals surface area contributed by atoms with E-state index in [1.807, 2.05) is 19.0 Å². The van der Waals surface area contributed by atoms with Crippen molar-refractivity contribution in [1.29, 1.82) is 0 Å². The first kappa shape index (κ1) is 8.07. The molecule has 4 nitrogen and oxygen atoms in total. The first-order valence-corrected chi connectivity index (χ1v) is 3.33. The molecule has 0 saturated carbocycles. The minimum atomic E-state index is -0.626. The van der Waals surface area contributed by atoms with E-state index >= 15 is 0 Å². The van der Waals surface area contributed by atoms with E-state index < -0.39 is 5.82 Å². The molecule has 0 atom stereocenters. The zero-order valence-corrected chi connectivity index (χ0v) is 6.88. The smallest absolute Gasteiger partial charge is 0.396 e. The summed E-state index contributed by atoms with van der Waals surface area (Å²) in [6.45, 7) is 2.31. The lowest BCUT2D eigenvalue weighted by Crippen LogP contribution is -2.10. The van der Waals surface area contributed by atoms with Crippen LogP contribution >= 0.6 is 0 Å². The van der Waals surface area contributed by atoms with Gasteiger partial charge in [-0.1, -0.05) is 0 Å². The first-order valence-electron chi connectivity index (χ1n) is 3.33. The van der Waals surface area contributed by atoms with E-state index in [0.29, 0.717) is 18.1 Å². The highest BCUT2D eigenvalue weighted by atomic mass is 16.6. The van der Waals surface area contributed by atoms with Crippen molar-refractivity contribution in [3.8, 4) is 0 Å². The molecule has 0 aliphatic carbocycles. The van der Waals surface area contributed by atoms with E-state index in [2.05, 4.69) is 4.42 Å². The van der Waals surface area contributed by atoms with Crippen LogP contribution in [0.1, 0.15) is 11.5 Å². The SMILES string of the molecule is Cc1oc(=O)oc1CN(C)C. The van der Waals surface area contributed by atoms with Gasteiger partial charge in [-0.25, -0.2) is 4.79 Å². The minimum Gasteiger partial charge on any atom is -0.396 e. The van der Waals surface area contributed by atoms with E-state index in [4.69, 9.17) is 4.42 Å². The average Bonchev–Trinajstić information content (AvgIpc) is 2.09. The number of hydrogen-bond donors (Lipinski definition) is 0. The molecule has 1 heterocycles. The summed E-state index contributed by atoms with van der Waals surface area (Å²) in [6.07, 6.45) is 0. The fraction of sp³-hybridized carbons (Fsp3) is 0.571. The molecule has 0 unspecified atom stereocenters. The van der Waals surface area contributed by atoms with Crippen molar-refractivity contribution in [1.82, 2.24) is 4.90 Å². The van der Waals surface area contributed by atoms with E-state index in [-0.39, 0.29) is 0 Å². The molecule has 0 amide bonds. The quantitative estimate of drug-likeness (QED) is 0.630. The van der Waals surface area contributed by atoms with Gasteiger partial charge in [0, 0.05) is 0 Å². The Kier molecular flexibility index (Phi) is 2.14. The van der Waals surface area contributed by atoms with Gasteiger partial charge in [0.05, 0.1) is 6.54 Å². The Balaban J connectivity index is 2.86. The van der Waals surface area contributed by atoms with Crippen molar-refractivity contribution in [2.45, 2.75) is 13.5 Å². The average molecular weight is 157 g/mol. The van der Waals surface area contributed by atoms with Crippen molar-refractivity contribution in [3.63, 3.8) is 0 Å². The number of nitrogens with zero attached hydrogens (tertiary/aromatic N) is 1. The molecule has 0 N–H and O–H groups in total. The van der Waals surface area contributed by atoms with Gasteiger partial charge in [0.2, 0.25) is 0 Å². The lowest BCUT2D eigenvalue weighted by Gasteiger charge is -2.04. The second-order valence-electron chi connectivity index (χ2n) is 2.67. The molecule has 0 aliphatic rings. The highest BCUT2D eigenvalue weighted by Gasteiger charge is 2.07. The third-order valence-electron chi connectivity index (χ3n) is 1.30. The van der Waals surface area contributed by atoms with Crippen molar-refractivity contribution in [2.75, 3.05) is 14.1 Å². The molecular formula is C7H11NO3. The normalized spacial score (nSPS) is 10.9. The Morgan fingerprint density at radius 3 is 2.36 bits per heavy atom. The van der Waals surface area contributed by atoms with E-state index in [1.165, 1.54) is 0 Å². The first-order chi connectivity index (χ1) is 5.09. The number of aryl methyl sites for hydroxylation is 1. The monoisotopic (exact) mass is 157 g/mol. The Hall–Kier alpha value is -1.03. The molecule has 11 heavy (non-hydrogen) atoms. The summed E-state index contributed by atoms with van der Waals surface area (Å²) < 4.78 is 9.43. The predicted octanol–water partition coefficient (Wildman–Crippen LogP) is 0.603. The van der Waals surface area contributed by atoms with E-state index in [1.54, 1.807) is 6.92 Å². The van der Waals surface area contributed by atoms with Crippen LogP contribution < -0.4 is 5.82 Å². The summed E-state index contributed by atoms with van der Waals surface area (Å²) in [6, 6.07) is 0. The van der Waals surface area contributed by atoms with Gasteiger partial charge in [-0.05, 0) is 21.0 Å². The Morgan fingerprint density at radius 1 is 1.36 bits per heavy atom. The van der Waals surface area contributed by atoms with Crippen molar-refractivity contribution in [2.24, 2.45) is 0 Å². The fourth-order valence-electron chi connectivity index (χ4n) is 0.806. The Bertz CT molecular complexity index is 284. The van der Waals surface area contributed by atoms with Gasteiger partial charge >= 0.3 is 5.82 Å². The molecule has 4 heteroatoms. The lowest BCUT2D eigenvalue weighted by atomic mass is 10.4. The maximum absolute atomic E-state index is 10.5. The van der Waals surface area contributed by atoms with Gasteiger partial charge in [0.25, 0.3) is 0 Å². The fourth-order valence-corrected chi connectivity index (χ4v) is 0.806. The molecule has 1 rings (SSSR count). The summed E-state index contributed by atoms with van der Waals surface area (Å²) in [5, 5.41) is 0. The zero-order valence-electron chi connectivity index (χ0n) is 6.88. The standard InChI is InChI=1S/C7H11NO3/c1-5-6(4-8(2)3)11-7(9)10-5/h4H2,1-3H3. The molecule has 0 aromatic carbocycles. The summed E-state index contributed by atoms with van der Waals surface area (Å²) in [5.41, 5.74) is 0. The van der Waals surface area contributed by atoms with Crippen LogP contribution in [-0.4, -0.2) is 19.0 Å². The van der Waals surface area contributed by atoms with Crippen LogP contribution in [0.4, 0.5) is 0 Å². The summed E-state index contributed by atoms with van der Waals surface area (Å²) in [5.74, 6) is 0.531. The maximum Gasteiger partial charge on any atom is 0.519 e. The predicted molar refractivity (Wildman–Crippen MR) is 39.4 cm³/mol. The minimum absolute atomic E-state index is 0.559. The topological polar surface area (TPSA) is 46.6 Å². The number of hydrogen-bond acceptors (Lipinski definition) is 4. The van der Waals surface area contributed by atoms with Crippen molar-refractivity contribution >= 4 is 0 Å². The molecule has 1 aromatic rings. The molecule has 0 spiro atoms. The second-order valence-corrected chi connectivity index (χ2v) is 2.67. The van der Waals surface area contributed by atoms with E-state index in [0.717, 1.165) is 0 Å². The van der Waals surface area contributed by atoms with Crippen LogP contribution in [0.5, 0.6) is 0 Å². The lowest BCUT2D eigenvalue weighted by molar-refractivity contribution is 0.326. The maximum atomic E-state index is 10.5. The van der Waals surface area contributed by atoms with Gasteiger partial charge in [0.15, 0.2) is 5.76 Å². The van der Waals surface area contributed by atoms with Gasteiger partial charge < -0.3 is 13.7 Å². The molecule has 0 bridgehead atoms. The molecule has 62 valence electrons. The highest BCUT2D eigenvalue weighted by molar-refractivity contribution is 4.99. The molecule has 0 radical (unpaired) electrons. The van der Waals surface area contributed by atoms with Crippen LogP contribution in [0, 0.1) is 6.92 Å². The third kappa shape index (κ3) is 1.94. The molecular weight excluding hydrogens is 146 g/mol. The van der Waals surface area contributed by atoms with Crippen molar-refractivity contribution < 1.29 is 8.83 Å². The second kappa shape index (κ2) is 2.92.